The van der Waals surface area contributed by atoms with Gasteiger partial charge in [0.15, 0.2) is 0 Å². The summed E-state index contributed by atoms with van der Waals surface area (Å²) in [4.78, 5) is 0. The maximum Gasteiger partial charge on any atom is 0.0940 e. The number of aryl methyl sites for hydroxylation is 2. The monoisotopic (exact) mass is 193 g/mol. The van der Waals surface area contributed by atoms with Gasteiger partial charge in [-0.15, -0.1) is 0 Å². The van der Waals surface area contributed by atoms with Crippen molar-refractivity contribution >= 4 is 0 Å². The highest BCUT2D eigenvalue weighted by Crippen LogP contribution is 2.20. The number of aliphatic hydroxyl groups excluding tert-OH is 1. The zero-order chi connectivity index (χ0) is 10.7. The van der Waals surface area contributed by atoms with Gasteiger partial charge < -0.3 is 10.8 Å². The molecule has 1 rings (SSSR count). The van der Waals surface area contributed by atoms with E-state index in [9.17, 15) is 5.11 Å². The summed E-state index contributed by atoms with van der Waals surface area (Å²) in [6.45, 7) is 6.09. The van der Waals surface area contributed by atoms with E-state index in [1.807, 2.05) is 32.0 Å². The lowest BCUT2D eigenvalue weighted by Crippen LogP contribution is -2.27. The Hall–Kier alpha value is -0.860. The van der Waals surface area contributed by atoms with Gasteiger partial charge in [0.25, 0.3) is 0 Å². The van der Waals surface area contributed by atoms with E-state index in [2.05, 4.69) is 6.92 Å². The molecule has 0 fully saturated rings. The summed E-state index contributed by atoms with van der Waals surface area (Å²) in [7, 11) is 0. The minimum absolute atomic E-state index is 0.169. The van der Waals surface area contributed by atoms with Crippen molar-refractivity contribution in [3.63, 3.8) is 0 Å². The minimum atomic E-state index is -0.542. The summed E-state index contributed by atoms with van der Waals surface area (Å²) in [5, 5.41) is 9.88. The molecule has 0 aliphatic carbocycles. The predicted octanol–water partition coefficient (Wildman–Crippen LogP) is 2.07. The van der Waals surface area contributed by atoms with E-state index in [0.717, 1.165) is 12.0 Å². The number of rotatable bonds is 3. The van der Waals surface area contributed by atoms with Crippen molar-refractivity contribution in [3.8, 4) is 0 Å². The number of nitrogens with two attached hydrogens (primary N) is 1. The second-order valence-electron chi connectivity index (χ2n) is 3.86. The normalized spacial score (nSPS) is 15.2. The highest BCUT2D eigenvalue weighted by atomic mass is 16.3. The van der Waals surface area contributed by atoms with Gasteiger partial charge in [0, 0.05) is 6.04 Å². The number of benzene rings is 1. The van der Waals surface area contributed by atoms with Gasteiger partial charge >= 0.3 is 0 Å². The molecule has 0 radical (unpaired) electrons. The van der Waals surface area contributed by atoms with Crippen LogP contribution in [0.25, 0.3) is 0 Å². The van der Waals surface area contributed by atoms with E-state index in [1.54, 1.807) is 0 Å². The van der Waals surface area contributed by atoms with Crippen LogP contribution in [0.15, 0.2) is 18.2 Å². The van der Waals surface area contributed by atoms with Gasteiger partial charge in [-0.1, -0.05) is 25.1 Å². The van der Waals surface area contributed by atoms with Crippen molar-refractivity contribution in [1.29, 1.82) is 0 Å². The van der Waals surface area contributed by atoms with Gasteiger partial charge in [-0.2, -0.15) is 0 Å². The second kappa shape index (κ2) is 4.58. The van der Waals surface area contributed by atoms with Crippen LogP contribution in [0.1, 0.15) is 36.1 Å². The van der Waals surface area contributed by atoms with Gasteiger partial charge in [-0.05, 0) is 37.0 Å². The average Bonchev–Trinajstić information content (AvgIpc) is 2.20. The van der Waals surface area contributed by atoms with E-state index in [-0.39, 0.29) is 6.04 Å². The molecule has 0 bridgehead atoms. The van der Waals surface area contributed by atoms with E-state index in [1.165, 1.54) is 11.1 Å². The first-order chi connectivity index (χ1) is 6.56. The Morgan fingerprint density at radius 3 is 2.43 bits per heavy atom. The molecule has 0 saturated heterocycles. The molecule has 3 N–H and O–H groups in total. The van der Waals surface area contributed by atoms with Crippen LogP contribution in [0.4, 0.5) is 0 Å². The van der Waals surface area contributed by atoms with Gasteiger partial charge in [-0.25, -0.2) is 0 Å². The Labute approximate surface area is 85.8 Å². The number of aliphatic hydroxyl groups is 1. The lowest BCUT2D eigenvalue weighted by molar-refractivity contribution is 0.144. The summed E-state index contributed by atoms with van der Waals surface area (Å²) >= 11 is 0. The zero-order valence-corrected chi connectivity index (χ0v) is 9.12. The molecule has 14 heavy (non-hydrogen) atoms. The molecule has 1 aromatic rings. The van der Waals surface area contributed by atoms with Crippen LogP contribution >= 0.6 is 0 Å². The maximum absolute atomic E-state index is 9.88. The van der Waals surface area contributed by atoms with E-state index in [4.69, 9.17) is 5.73 Å². The fourth-order valence-electron chi connectivity index (χ4n) is 1.42. The molecule has 0 saturated carbocycles. The molecule has 0 aromatic heterocycles. The Bertz CT molecular complexity index is 309. The third kappa shape index (κ3) is 2.34. The molecule has 0 spiro atoms. The van der Waals surface area contributed by atoms with Crippen LogP contribution in [0, 0.1) is 13.8 Å². The first-order valence-corrected chi connectivity index (χ1v) is 5.07. The quantitative estimate of drug-likeness (QED) is 0.772. The fraction of sp³-hybridized carbons (Fsp3) is 0.500. The summed E-state index contributed by atoms with van der Waals surface area (Å²) in [6.07, 6.45) is 0.243. The topological polar surface area (TPSA) is 46.2 Å². The first kappa shape index (κ1) is 11.2. The Balaban J connectivity index is 2.91. The highest BCUT2D eigenvalue weighted by molar-refractivity contribution is 5.31. The molecule has 2 atom stereocenters. The maximum atomic E-state index is 9.88. The Kier molecular flexibility index (Phi) is 3.67. The third-order valence-corrected chi connectivity index (χ3v) is 2.75. The highest BCUT2D eigenvalue weighted by Gasteiger charge is 2.14. The molecule has 0 heterocycles. The standard InChI is InChI=1S/C12H19NO/c1-4-11(13)12(14)10-6-5-8(2)9(3)7-10/h5-7,11-12,14H,4,13H2,1-3H3. The molecule has 2 heteroatoms. The lowest BCUT2D eigenvalue weighted by atomic mass is 9.97. The Morgan fingerprint density at radius 2 is 1.93 bits per heavy atom. The van der Waals surface area contributed by atoms with Crippen molar-refractivity contribution in [3.05, 3.63) is 34.9 Å². The van der Waals surface area contributed by atoms with E-state index >= 15 is 0 Å². The Morgan fingerprint density at radius 1 is 1.29 bits per heavy atom. The van der Waals surface area contributed by atoms with Gasteiger partial charge in [0.1, 0.15) is 0 Å². The first-order valence-electron chi connectivity index (χ1n) is 5.07. The van der Waals surface area contributed by atoms with Gasteiger partial charge in [-0.3, -0.25) is 0 Å². The fourth-order valence-corrected chi connectivity index (χ4v) is 1.42. The van der Waals surface area contributed by atoms with Gasteiger partial charge in [0.05, 0.1) is 6.10 Å². The number of hydrogen-bond acceptors (Lipinski definition) is 2. The van der Waals surface area contributed by atoms with Gasteiger partial charge in [0.2, 0.25) is 0 Å². The summed E-state index contributed by atoms with van der Waals surface area (Å²) in [5.74, 6) is 0. The van der Waals surface area contributed by atoms with Crippen LogP contribution in [0.5, 0.6) is 0 Å². The molecule has 78 valence electrons. The molecular formula is C12H19NO. The number of hydrogen-bond donors (Lipinski definition) is 2. The average molecular weight is 193 g/mol. The van der Waals surface area contributed by atoms with Crippen molar-refractivity contribution < 1.29 is 5.11 Å². The van der Waals surface area contributed by atoms with Crippen LogP contribution in [-0.2, 0) is 0 Å². The van der Waals surface area contributed by atoms with Crippen LogP contribution < -0.4 is 5.73 Å². The van der Waals surface area contributed by atoms with Crippen LogP contribution in [0.3, 0.4) is 0 Å². The molecule has 1 aromatic carbocycles. The molecule has 0 aliphatic heterocycles. The lowest BCUT2D eigenvalue weighted by Gasteiger charge is -2.18. The molecule has 2 unspecified atom stereocenters. The van der Waals surface area contributed by atoms with Crippen molar-refractivity contribution in [1.82, 2.24) is 0 Å². The van der Waals surface area contributed by atoms with E-state index in [0.29, 0.717) is 0 Å². The zero-order valence-electron chi connectivity index (χ0n) is 9.12. The molecule has 0 amide bonds. The van der Waals surface area contributed by atoms with Crippen LogP contribution in [0.2, 0.25) is 0 Å². The third-order valence-electron chi connectivity index (χ3n) is 2.75. The predicted molar refractivity (Wildman–Crippen MR) is 59.1 cm³/mol. The molecule has 2 nitrogen and oxygen atoms in total. The second-order valence-corrected chi connectivity index (χ2v) is 3.86. The smallest absolute Gasteiger partial charge is 0.0940 e. The van der Waals surface area contributed by atoms with E-state index < -0.39 is 6.10 Å². The largest absolute Gasteiger partial charge is 0.387 e. The van der Waals surface area contributed by atoms with Crippen LogP contribution in [-0.4, -0.2) is 11.1 Å². The summed E-state index contributed by atoms with van der Waals surface area (Å²) in [5.41, 5.74) is 9.15. The summed E-state index contributed by atoms with van der Waals surface area (Å²) < 4.78 is 0. The molecule has 0 aliphatic rings. The molecular weight excluding hydrogens is 174 g/mol. The van der Waals surface area contributed by atoms with Crippen molar-refractivity contribution in [2.45, 2.75) is 39.3 Å². The van der Waals surface area contributed by atoms with Crippen molar-refractivity contribution in [2.24, 2.45) is 5.73 Å². The van der Waals surface area contributed by atoms with Crippen molar-refractivity contribution in [2.75, 3.05) is 0 Å². The summed E-state index contributed by atoms with van der Waals surface area (Å²) in [6, 6.07) is 5.81. The SMILES string of the molecule is CCC(N)C(O)c1ccc(C)c(C)c1. The minimum Gasteiger partial charge on any atom is -0.387 e.